The summed E-state index contributed by atoms with van der Waals surface area (Å²) in [6.45, 7) is 4.28. The SMILES string of the molecule is CCSCCC(C)Nc1nc(NN)nc(N(C)C)n1. The number of anilines is 3. The van der Waals surface area contributed by atoms with Crippen LogP contribution >= 0.6 is 11.8 Å². The highest BCUT2D eigenvalue weighted by Crippen LogP contribution is 2.13. The Kier molecular flexibility index (Phi) is 6.65. The van der Waals surface area contributed by atoms with E-state index in [0.717, 1.165) is 17.9 Å². The highest BCUT2D eigenvalue weighted by atomic mass is 32.2. The first-order valence-electron chi connectivity index (χ1n) is 6.31. The number of rotatable bonds is 8. The summed E-state index contributed by atoms with van der Waals surface area (Å²) in [5, 5.41) is 3.27. The monoisotopic (exact) mass is 285 g/mol. The smallest absolute Gasteiger partial charge is 0.243 e. The average Bonchev–Trinajstić information content (AvgIpc) is 2.38. The van der Waals surface area contributed by atoms with E-state index in [2.05, 4.69) is 39.5 Å². The van der Waals surface area contributed by atoms with Gasteiger partial charge in [-0.15, -0.1) is 0 Å². The van der Waals surface area contributed by atoms with Crippen molar-refractivity contribution >= 4 is 29.6 Å². The molecular weight excluding hydrogens is 262 g/mol. The van der Waals surface area contributed by atoms with E-state index in [4.69, 9.17) is 5.84 Å². The molecule has 0 spiro atoms. The lowest BCUT2D eigenvalue weighted by atomic mass is 10.3. The van der Waals surface area contributed by atoms with Gasteiger partial charge in [0.2, 0.25) is 17.8 Å². The normalized spacial score (nSPS) is 12.1. The lowest BCUT2D eigenvalue weighted by Gasteiger charge is -2.16. The van der Waals surface area contributed by atoms with Crippen molar-refractivity contribution in [3.05, 3.63) is 0 Å². The third-order valence-corrected chi connectivity index (χ3v) is 3.36. The molecule has 1 unspecified atom stereocenters. The molecule has 8 heteroatoms. The van der Waals surface area contributed by atoms with Gasteiger partial charge in [0, 0.05) is 20.1 Å². The second kappa shape index (κ2) is 8.00. The minimum Gasteiger partial charge on any atom is -0.352 e. The maximum atomic E-state index is 5.36. The van der Waals surface area contributed by atoms with Crippen LogP contribution in [0.4, 0.5) is 17.8 Å². The zero-order valence-electron chi connectivity index (χ0n) is 12.0. The molecule has 1 heterocycles. The molecule has 19 heavy (non-hydrogen) atoms. The van der Waals surface area contributed by atoms with Gasteiger partial charge in [0.05, 0.1) is 0 Å². The standard InChI is InChI=1S/C11H23N7S/c1-5-19-7-6-8(2)13-9-14-10(17-12)16-11(15-9)18(3)4/h8H,5-7,12H2,1-4H3,(H2,13,14,15,16,17). The molecule has 1 atom stereocenters. The van der Waals surface area contributed by atoms with Crippen LogP contribution in [0.3, 0.4) is 0 Å². The molecule has 0 aliphatic rings. The van der Waals surface area contributed by atoms with Crippen molar-refractivity contribution in [3.8, 4) is 0 Å². The van der Waals surface area contributed by atoms with Crippen molar-refractivity contribution < 1.29 is 0 Å². The Morgan fingerprint density at radius 1 is 1.26 bits per heavy atom. The third-order valence-electron chi connectivity index (χ3n) is 2.43. The van der Waals surface area contributed by atoms with Crippen LogP contribution in [0, 0.1) is 0 Å². The van der Waals surface area contributed by atoms with E-state index in [1.165, 1.54) is 0 Å². The van der Waals surface area contributed by atoms with Gasteiger partial charge in [-0.3, -0.25) is 5.43 Å². The first kappa shape index (κ1) is 15.8. The van der Waals surface area contributed by atoms with E-state index in [0.29, 0.717) is 23.9 Å². The fraction of sp³-hybridized carbons (Fsp3) is 0.727. The van der Waals surface area contributed by atoms with E-state index in [1.807, 2.05) is 30.8 Å². The van der Waals surface area contributed by atoms with Gasteiger partial charge < -0.3 is 10.2 Å². The Morgan fingerprint density at radius 3 is 2.53 bits per heavy atom. The highest BCUT2D eigenvalue weighted by molar-refractivity contribution is 7.99. The minimum atomic E-state index is 0.307. The van der Waals surface area contributed by atoms with Gasteiger partial charge in [-0.05, 0) is 24.9 Å². The van der Waals surface area contributed by atoms with E-state index in [9.17, 15) is 0 Å². The number of nitrogens with two attached hydrogens (primary N) is 1. The van der Waals surface area contributed by atoms with Gasteiger partial charge in [-0.25, -0.2) is 5.84 Å². The second-order valence-electron chi connectivity index (χ2n) is 4.35. The number of hydrogen-bond acceptors (Lipinski definition) is 8. The number of hydrazine groups is 1. The Bertz CT molecular complexity index is 385. The Balaban J connectivity index is 2.68. The van der Waals surface area contributed by atoms with Crippen LogP contribution in [0.2, 0.25) is 0 Å². The van der Waals surface area contributed by atoms with Crippen molar-refractivity contribution in [2.45, 2.75) is 26.3 Å². The van der Waals surface area contributed by atoms with Gasteiger partial charge in [-0.2, -0.15) is 26.7 Å². The zero-order chi connectivity index (χ0) is 14.3. The molecule has 0 aromatic carbocycles. The van der Waals surface area contributed by atoms with Crippen molar-refractivity contribution in [2.75, 3.05) is 41.2 Å². The number of nitrogens with zero attached hydrogens (tertiary/aromatic N) is 4. The van der Waals surface area contributed by atoms with Crippen molar-refractivity contribution in [1.29, 1.82) is 0 Å². The molecule has 0 radical (unpaired) electrons. The summed E-state index contributed by atoms with van der Waals surface area (Å²) in [6.07, 6.45) is 1.06. The van der Waals surface area contributed by atoms with Crippen LogP contribution < -0.4 is 21.5 Å². The number of thioether (sulfide) groups is 1. The number of aromatic nitrogens is 3. The van der Waals surface area contributed by atoms with Crippen LogP contribution in [-0.2, 0) is 0 Å². The highest BCUT2D eigenvalue weighted by Gasteiger charge is 2.09. The summed E-state index contributed by atoms with van der Waals surface area (Å²) < 4.78 is 0. The van der Waals surface area contributed by atoms with E-state index in [1.54, 1.807) is 0 Å². The van der Waals surface area contributed by atoms with E-state index >= 15 is 0 Å². The molecule has 1 aromatic rings. The van der Waals surface area contributed by atoms with Crippen molar-refractivity contribution in [1.82, 2.24) is 15.0 Å². The molecule has 108 valence electrons. The molecule has 0 bridgehead atoms. The molecule has 1 aromatic heterocycles. The van der Waals surface area contributed by atoms with Crippen LogP contribution in [0.15, 0.2) is 0 Å². The number of nitrogen functional groups attached to an aromatic ring is 1. The Morgan fingerprint density at radius 2 is 1.95 bits per heavy atom. The molecule has 1 rings (SSSR count). The summed E-state index contributed by atoms with van der Waals surface area (Å²) in [5.74, 6) is 9.10. The minimum absolute atomic E-state index is 0.307. The topological polar surface area (TPSA) is 92.0 Å². The van der Waals surface area contributed by atoms with Gasteiger partial charge in [-0.1, -0.05) is 6.92 Å². The zero-order valence-corrected chi connectivity index (χ0v) is 12.8. The molecular formula is C11H23N7S. The maximum Gasteiger partial charge on any atom is 0.243 e. The van der Waals surface area contributed by atoms with Crippen LogP contribution in [-0.4, -0.2) is 46.6 Å². The fourth-order valence-corrected chi connectivity index (χ4v) is 2.20. The Hall–Kier alpha value is -1.28. The van der Waals surface area contributed by atoms with Gasteiger partial charge in [0.15, 0.2) is 0 Å². The molecule has 4 N–H and O–H groups in total. The first-order valence-corrected chi connectivity index (χ1v) is 7.46. The summed E-state index contributed by atoms with van der Waals surface area (Å²) in [6, 6.07) is 0.307. The van der Waals surface area contributed by atoms with Crippen LogP contribution in [0.25, 0.3) is 0 Å². The molecule has 0 aliphatic heterocycles. The van der Waals surface area contributed by atoms with Gasteiger partial charge in [0.1, 0.15) is 0 Å². The first-order chi connectivity index (χ1) is 9.06. The van der Waals surface area contributed by atoms with Gasteiger partial charge in [0.25, 0.3) is 0 Å². The van der Waals surface area contributed by atoms with Crippen molar-refractivity contribution in [2.24, 2.45) is 5.84 Å². The van der Waals surface area contributed by atoms with Crippen LogP contribution in [0.1, 0.15) is 20.3 Å². The molecule has 0 fully saturated rings. The largest absolute Gasteiger partial charge is 0.352 e. The second-order valence-corrected chi connectivity index (χ2v) is 5.75. The van der Waals surface area contributed by atoms with Crippen LogP contribution in [0.5, 0.6) is 0 Å². The Labute approximate surface area is 118 Å². The molecule has 0 amide bonds. The van der Waals surface area contributed by atoms with Crippen molar-refractivity contribution in [3.63, 3.8) is 0 Å². The molecule has 0 saturated carbocycles. The fourth-order valence-electron chi connectivity index (χ4n) is 1.39. The van der Waals surface area contributed by atoms with E-state index < -0.39 is 0 Å². The molecule has 0 saturated heterocycles. The maximum absolute atomic E-state index is 5.36. The summed E-state index contributed by atoms with van der Waals surface area (Å²) >= 11 is 1.93. The predicted molar refractivity (Wildman–Crippen MR) is 82.7 cm³/mol. The summed E-state index contributed by atoms with van der Waals surface area (Å²) in [7, 11) is 3.75. The third kappa shape index (κ3) is 5.48. The summed E-state index contributed by atoms with van der Waals surface area (Å²) in [5.41, 5.74) is 2.46. The van der Waals surface area contributed by atoms with E-state index in [-0.39, 0.29) is 0 Å². The predicted octanol–water partition coefficient (Wildman–Crippen LogP) is 1.17. The van der Waals surface area contributed by atoms with Gasteiger partial charge >= 0.3 is 0 Å². The number of hydrogen-bond donors (Lipinski definition) is 3. The molecule has 0 aliphatic carbocycles. The average molecular weight is 285 g/mol. The number of nitrogens with one attached hydrogen (secondary N) is 2. The quantitative estimate of drug-likeness (QED) is 0.372. The molecule has 7 nitrogen and oxygen atoms in total. The lowest BCUT2D eigenvalue weighted by Crippen LogP contribution is -2.22. The summed E-state index contributed by atoms with van der Waals surface area (Å²) in [4.78, 5) is 14.5. The lowest BCUT2D eigenvalue weighted by molar-refractivity contribution is 0.756.